The minimum atomic E-state index is -0.389. The molecule has 2 N–H and O–H groups in total. The topological polar surface area (TPSA) is 76.9 Å². The number of nitrogens with one attached hydrogen (secondary N) is 1. The molecule has 0 unspecified atom stereocenters. The summed E-state index contributed by atoms with van der Waals surface area (Å²) in [6, 6.07) is 6.56. The van der Waals surface area contributed by atoms with Gasteiger partial charge in [-0.15, -0.1) is 0 Å². The van der Waals surface area contributed by atoms with Crippen molar-refractivity contribution in [1.29, 1.82) is 0 Å². The Labute approximate surface area is 152 Å². The molecule has 0 saturated carbocycles. The highest BCUT2D eigenvalue weighted by Gasteiger charge is 2.21. The predicted molar refractivity (Wildman–Crippen MR) is 98.3 cm³/mol. The third-order valence-electron chi connectivity index (χ3n) is 4.36. The van der Waals surface area contributed by atoms with Crippen LogP contribution in [-0.4, -0.2) is 59.2 Å². The van der Waals surface area contributed by atoms with Crippen LogP contribution in [-0.2, 0) is 13.2 Å². The fourth-order valence-electron chi connectivity index (χ4n) is 2.95. The molecule has 7 nitrogen and oxygen atoms in total. The van der Waals surface area contributed by atoms with Gasteiger partial charge in [-0.25, -0.2) is 14.4 Å². The Hall–Kier alpha value is -2.74. The number of benzene rings is 1. The first-order chi connectivity index (χ1) is 12.7. The molecule has 1 aliphatic rings. The van der Waals surface area contributed by atoms with Gasteiger partial charge in [0.15, 0.2) is 5.96 Å². The molecule has 1 saturated heterocycles. The highest BCUT2D eigenvalue weighted by Crippen LogP contribution is 2.12. The summed E-state index contributed by atoms with van der Waals surface area (Å²) in [5.74, 6) is 1.16. The maximum atomic E-state index is 13.5. The van der Waals surface area contributed by atoms with E-state index in [1.54, 1.807) is 31.6 Å². The number of hydrogen-bond acceptors (Lipinski definition) is 5. The van der Waals surface area contributed by atoms with Gasteiger partial charge in [-0.05, 0) is 23.8 Å². The van der Waals surface area contributed by atoms with E-state index >= 15 is 0 Å². The third kappa shape index (κ3) is 4.26. The van der Waals surface area contributed by atoms with Crippen LogP contribution in [0.2, 0.25) is 0 Å². The zero-order valence-corrected chi connectivity index (χ0v) is 14.8. The van der Waals surface area contributed by atoms with Crippen LogP contribution in [0.25, 0.3) is 0 Å². The Kier molecular flexibility index (Phi) is 5.96. The van der Waals surface area contributed by atoms with E-state index in [1.165, 1.54) is 6.07 Å². The molecule has 1 aliphatic heterocycles. The van der Waals surface area contributed by atoms with Gasteiger partial charge in [0.1, 0.15) is 5.82 Å². The first kappa shape index (κ1) is 18.1. The number of aromatic nitrogens is 2. The molecule has 0 atom stereocenters. The second-order valence-corrected chi connectivity index (χ2v) is 6.01. The van der Waals surface area contributed by atoms with Crippen molar-refractivity contribution < 1.29 is 9.50 Å². The molecule has 0 spiro atoms. The molecular weight excluding hydrogens is 335 g/mol. The van der Waals surface area contributed by atoms with Crippen molar-refractivity contribution in [2.24, 2.45) is 4.99 Å². The first-order valence-electron chi connectivity index (χ1n) is 8.57. The number of aliphatic hydroxyl groups is 1. The van der Waals surface area contributed by atoms with Crippen molar-refractivity contribution >= 4 is 11.9 Å². The van der Waals surface area contributed by atoms with Crippen LogP contribution in [0.5, 0.6) is 0 Å². The predicted octanol–water partition coefficient (Wildman–Crippen LogP) is 1.01. The average molecular weight is 358 g/mol. The molecule has 0 amide bonds. The number of halogens is 1. The summed E-state index contributed by atoms with van der Waals surface area (Å²) in [7, 11) is 1.75. The normalized spacial score (nSPS) is 15.3. The Balaban J connectivity index is 1.55. The highest BCUT2D eigenvalue weighted by molar-refractivity contribution is 5.80. The fourth-order valence-corrected chi connectivity index (χ4v) is 2.95. The molecule has 0 bridgehead atoms. The van der Waals surface area contributed by atoms with Crippen molar-refractivity contribution in [3.63, 3.8) is 0 Å². The van der Waals surface area contributed by atoms with E-state index in [-0.39, 0.29) is 12.4 Å². The summed E-state index contributed by atoms with van der Waals surface area (Å²) in [5.41, 5.74) is 1.20. The van der Waals surface area contributed by atoms with Gasteiger partial charge in [-0.2, -0.15) is 0 Å². The number of hydrogen-bond donors (Lipinski definition) is 2. The van der Waals surface area contributed by atoms with E-state index in [1.807, 2.05) is 6.07 Å². The molecule has 26 heavy (non-hydrogen) atoms. The molecule has 8 heteroatoms. The molecule has 0 radical (unpaired) electrons. The van der Waals surface area contributed by atoms with Gasteiger partial charge in [0.25, 0.3) is 0 Å². The summed E-state index contributed by atoms with van der Waals surface area (Å²) in [5, 5.41) is 12.5. The zero-order valence-electron chi connectivity index (χ0n) is 14.8. The van der Waals surface area contributed by atoms with Gasteiger partial charge >= 0.3 is 0 Å². The second-order valence-electron chi connectivity index (χ2n) is 6.01. The highest BCUT2D eigenvalue weighted by atomic mass is 19.1. The van der Waals surface area contributed by atoms with Crippen molar-refractivity contribution in [2.75, 3.05) is 38.1 Å². The first-order valence-corrected chi connectivity index (χ1v) is 8.57. The maximum Gasteiger partial charge on any atom is 0.225 e. The second kappa shape index (κ2) is 8.57. The van der Waals surface area contributed by atoms with E-state index in [9.17, 15) is 9.50 Å². The molecule has 1 fully saturated rings. The lowest BCUT2D eigenvalue weighted by molar-refractivity contribution is 0.275. The number of anilines is 1. The number of aliphatic hydroxyl groups excluding tert-OH is 1. The van der Waals surface area contributed by atoms with Crippen LogP contribution >= 0.6 is 0 Å². The monoisotopic (exact) mass is 358 g/mol. The van der Waals surface area contributed by atoms with Crippen molar-refractivity contribution in [3.8, 4) is 0 Å². The SMILES string of the molecule is CN=C(NCc1ccc(F)c(CO)c1)N1CCN(c2ncccn2)CC1. The van der Waals surface area contributed by atoms with Crippen LogP contribution in [0.15, 0.2) is 41.7 Å². The number of piperazine rings is 1. The standard InChI is InChI=1S/C18H23FN6O/c1-20-17(23-12-14-3-4-16(19)15(11-14)13-26)24-7-9-25(10-8-24)18-21-5-2-6-22-18/h2-6,11,26H,7-10,12-13H2,1H3,(H,20,23). The van der Waals surface area contributed by atoms with E-state index in [2.05, 4.69) is 30.1 Å². The quantitative estimate of drug-likeness (QED) is 0.627. The van der Waals surface area contributed by atoms with Crippen molar-refractivity contribution in [1.82, 2.24) is 20.2 Å². The van der Waals surface area contributed by atoms with Crippen LogP contribution in [0.3, 0.4) is 0 Å². The average Bonchev–Trinajstić information content (AvgIpc) is 2.70. The van der Waals surface area contributed by atoms with Crippen LogP contribution < -0.4 is 10.2 Å². The number of rotatable bonds is 4. The smallest absolute Gasteiger partial charge is 0.225 e. The van der Waals surface area contributed by atoms with Gasteiger partial charge in [0.05, 0.1) is 6.61 Å². The molecule has 0 aliphatic carbocycles. The molecule has 1 aromatic heterocycles. The largest absolute Gasteiger partial charge is 0.392 e. The van der Waals surface area contributed by atoms with Gasteiger partial charge in [-0.3, -0.25) is 4.99 Å². The Morgan fingerprint density at radius 1 is 1.23 bits per heavy atom. The van der Waals surface area contributed by atoms with Crippen molar-refractivity contribution in [3.05, 3.63) is 53.6 Å². The minimum absolute atomic E-state index is 0.302. The summed E-state index contributed by atoms with van der Waals surface area (Å²) < 4.78 is 13.5. The summed E-state index contributed by atoms with van der Waals surface area (Å²) in [6.07, 6.45) is 3.50. The summed E-state index contributed by atoms with van der Waals surface area (Å²) in [4.78, 5) is 17.3. The lowest BCUT2D eigenvalue weighted by Gasteiger charge is -2.36. The Morgan fingerprint density at radius 3 is 2.62 bits per heavy atom. The summed E-state index contributed by atoms with van der Waals surface area (Å²) >= 11 is 0. The van der Waals surface area contributed by atoms with Gasteiger partial charge in [0.2, 0.25) is 5.95 Å². The molecule has 2 heterocycles. The van der Waals surface area contributed by atoms with Crippen LogP contribution in [0.1, 0.15) is 11.1 Å². The summed E-state index contributed by atoms with van der Waals surface area (Å²) in [6.45, 7) is 3.46. The lowest BCUT2D eigenvalue weighted by atomic mass is 10.1. The Bertz CT molecular complexity index is 747. The van der Waals surface area contributed by atoms with E-state index in [4.69, 9.17) is 0 Å². The molecular formula is C18H23FN6O. The van der Waals surface area contributed by atoms with E-state index in [0.717, 1.165) is 43.7 Å². The fraction of sp³-hybridized carbons (Fsp3) is 0.389. The third-order valence-corrected chi connectivity index (χ3v) is 4.36. The van der Waals surface area contributed by atoms with Gasteiger partial charge in [-0.1, -0.05) is 6.07 Å². The van der Waals surface area contributed by atoms with Crippen LogP contribution in [0.4, 0.5) is 10.3 Å². The van der Waals surface area contributed by atoms with Crippen LogP contribution in [0, 0.1) is 5.82 Å². The molecule has 3 rings (SSSR count). The number of nitrogens with zero attached hydrogens (tertiary/aromatic N) is 5. The molecule has 138 valence electrons. The number of aliphatic imine (C=N–C) groups is 1. The maximum absolute atomic E-state index is 13.5. The minimum Gasteiger partial charge on any atom is -0.392 e. The van der Waals surface area contributed by atoms with Gasteiger partial charge in [0, 0.05) is 57.7 Å². The lowest BCUT2D eigenvalue weighted by Crippen LogP contribution is -2.52. The van der Waals surface area contributed by atoms with E-state index in [0.29, 0.717) is 12.1 Å². The number of guanidine groups is 1. The van der Waals surface area contributed by atoms with Gasteiger partial charge < -0.3 is 20.2 Å². The zero-order chi connectivity index (χ0) is 18.4. The van der Waals surface area contributed by atoms with Crippen molar-refractivity contribution in [2.45, 2.75) is 13.2 Å². The molecule has 1 aromatic carbocycles. The Morgan fingerprint density at radius 2 is 1.96 bits per heavy atom. The molecule has 2 aromatic rings. The van der Waals surface area contributed by atoms with E-state index < -0.39 is 0 Å².